The first-order valence-corrected chi connectivity index (χ1v) is 23.0. The monoisotopic (exact) mass is 837 g/mol. The fraction of sp³-hybridized carbons (Fsp3) is 0.0312. The lowest BCUT2D eigenvalue weighted by Gasteiger charge is -2.40. The molecule has 0 bridgehead atoms. The molecule has 1 heterocycles. The third kappa shape index (κ3) is 4.41. The van der Waals surface area contributed by atoms with E-state index in [-0.39, 0.29) is 0 Å². The van der Waals surface area contributed by atoms with E-state index in [9.17, 15) is 0 Å². The van der Waals surface area contributed by atoms with E-state index in [0.29, 0.717) is 0 Å². The molecule has 3 aliphatic carbocycles. The molecule has 4 aliphatic rings. The third-order valence-electron chi connectivity index (χ3n) is 15.3. The zero-order valence-electron chi connectivity index (χ0n) is 35.9. The van der Waals surface area contributed by atoms with Crippen LogP contribution in [0, 0.1) is 0 Å². The Morgan fingerprint density at radius 1 is 0.258 bits per heavy atom. The summed E-state index contributed by atoms with van der Waals surface area (Å²) in [5, 5.41) is 4.57. The number of nitrogens with zero attached hydrogens (tertiary/aromatic N) is 1. The molecule has 0 radical (unpaired) electrons. The van der Waals surface area contributed by atoms with E-state index >= 15 is 0 Å². The summed E-state index contributed by atoms with van der Waals surface area (Å²) in [5.74, 6) is 1.86. The number of para-hydroxylation sites is 1. The number of hydrogen-bond donors (Lipinski definition) is 0. The molecule has 0 aromatic heterocycles. The molecule has 0 atom stereocenters. The van der Waals surface area contributed by atoms with Gasteiger partial charge in [-0.15, -0.1) is 0 Å². The van der Waals surface area contributed by atoms with E-state index in [2.05, 4.69) is 241 Å². The SMILES string of the molecule is c1ccc(N(c2ccc3c(c2)-c2ccccc2C32c3ccc4ccccc4c3Oc3c2ccc2ccccc32)c2ccc3c(c2)C2(c4ccccc4-c4ccccc42)c2ccccc2-3)cc1. The molecule has 2 heteroatoms. The lowest BCUT2D eigenvalue weighted by atomic mass is 9.65. The summed E-state index contributed by atoms with van der Waals surface area (Å²) in [6.45, 7) is 0. The van der Waals surface area contributed by atoms with Crippen LogP contribution in [0.4, 0.5) is 17.1 Å². The number of rotatable bonds is 3. The molecule has 0 N–H and O–H groups in total. The van der Waals surface area contributed by atoms with Crippen molar-refractivity contribution in [2.75, 3.05) is 4.90 Å². The Morgan fingerprint density at radius 2 is 0.652 bits per heavy atom. The van der Waals surface area contributed by atoms with Crippen LogP contribution in [0.1, 0.15) is 44.5 Å². The van der Waals surface area contributed by atoms with Gasteiger partial charge < -0.3 is 9.64 Å². The maximum absolute atomic E-state index is 7.23. The van der Waals surface area contributed by atoms with Crippen molar-refractivity contribution in [3.8, 4) is 44.9 Å². The van der Waals surface area contributed by atoms with Gasteiger partial charge in [-0.05, 0) is 114 Å². The quantitative estimate of drug-likeness (QED) is 0.176. The molecule has 306 valence electrons. The second-order valence-electron chi connectivity index (χ2n) is 18.2. The average molecular weight is 838 g/mol. The van der Waals surface area contributed by atoms with Crippen molar-refractivity contribution < 1.29 is 4.74 Å². The van der Waals surface area contributed by atoms with Crippen LogP contribution in [0.5, 0.6) is 11.5 Å². The van der Waals surface area contributed by atoms with E-state index in [1.54, 1.807) is 0 Å². The van der Waals surface area contributed by atoms with Crippen molar-refractivity contribution in [3.05, 3.63) is 281 Å². The van der Waals surface area contributed by atoms with Crippen molar-refractivity contribution in [2.45, 2.75) is 10.8 Å². The Morgan fingerprint density at radius 3 is 1.21 bits per heavy atom. The molecule has 1 aliphatic heterocycles. The number of hydrogen-bond acceptors (Lipinski definition) is 2. The minimum absolute atomic E-state index is 0.446. The van der Waals surface area contributed by atoms with Gasteiger partial charge in [0.2, 0.25) is 0 Å². The predicted octanol–water partition coefficient (Wildman–Crippen LogP) is 16.3. The smallest absolute Gasteiger partial charge is 0.140 e. The topological polar surface area (TPSA) is 12.5 Å². The lowest BCUT2D eigenvalue weighted by Crippen LogP contribution is -2.32. The van der Waals surface area contributed by atoms with Crippen molar-refractivity contribution in [2.24, 2.45) is 0 Å². The van der Waals surface area contributed by atoms with Crippen LogP contribution < -0.4 is 9.64 Å². The Hall–Kier alpha value is -8.46. The summed E-state index contributed by atoms with van der Waals surface area (Å²) in [5.41, 5.74) is 20.2. The van der Waals surface area contributed by atoms with Gasteiger partial charge in [-0.1, -0.05) is 200 Å². The number of benzene rings is 11. The molecule has 11 aromatic rings. The van der Waals surface area contributed by atoms with Gasteiger partial charge in [0.05, 0.1) is 10.8 Å². The predicted molar refractivity (Wildman–Crippen MR) is 270 cm³/mol. The first kappa shape index (κ1) is 35.9. The average Bonchev–Trinajstić information content (AvgIpc) is 3.97. The molecule has 0 fully saturated rings. The molecule has 66 heavy (non-hydrogen) atoms. The molecule has 11 aromatic carbocycles. The Balaban J connectivity index is 0.989. The number of anilines is 3. The molecule has 2 nitrogen and oxygen atoms in total. The summed E-state index contributed by atoms with van der Waals surface area (Å²) in [6, 6.07) is 88.0. The van der Waals surface area contributed by atoms with Crippen LogP contribution in [-0.2, 0) is 10.8 Å². The van der Waals surface area contributed by atoms with Crippen molar-refractivity contribution in [3.63, 3.8) is 0 Å². The molecule has 0 saturated heterocycles. The second-order valence-corrected chi connectivity index (χ2v) is 18.2. The van der Waals surface area contributed by atoms with Gasteiger partial charge in [-0.3, -0.25) is 0 Å². The molecular formula is C64H39NO. The Bertz CT molecular complexity index is 3730. The van der Waals surface area contributed by atoms with Gasteiger partial charge in [0.25, 0.3) is 0 Å². The highest BCUT2D eigenvalue weighted by atomic mass is 16.5. The normalized spacial score (nSPS) is 14.4. The Labute approximate surface area is 383 Å². The summed E-state index contributed by atoms with van der Waals surface area (Å²) >= 11 is 0. The molecule has 0 amide bonds. The van der Waals surface area contributed by atoms with E-state index in [1.165, 1.54) is 88.7 Å². The first-order chi connectivity index (χ1) is 32.7. The van der Waals surface area contributed by atoms with Crippen LogP contribution in [0.2, 0.25) is 0 Å². The van der Waals surface area contributed by atoms with Crippen LogP contribution in [0.3, 0.4) is 0 Å². The van der Waals surface area contributed by atoms with E-state index in [1.807, 2.05) is 0 Å². The fourth-order valence-corrected chi connectivity index (χ4v) is 12.8. The molecular weight excluding hydrogens is 799 g/mol. The first-order valence-electron chi connectivity index (χ1n) is 23.0. The maximum atomic E-state index is 7.23. The van der Waals surface area contributed by atoms with Crippen molar-refractivity contribution >= 4 is 38.6 Å². The number of fused-ring (bicyclic) bond motifs is 23. The minimum Gasteiger partial charge on any atom is -0.455 e. The molecule has 0 unspecified atom stereocenters. The maximum Gasteiger partial charge on any atom is 0.140 e. The van der Waals surface area contributed by atoms with Crippen LogP contribution in [0.15, 0.2) is 237 Å². The van der Waals surface area contributed by atoms with Gasteiger partial charge in [-0.25, -0.2) is 0 Å². The standard InChI is InChI=1S/C64H39NO/c1-2-18-42(19-3-1)65(44-32-34-51-49-24-10-14-28-55(49)63(60(51)39-44)53-26-12-8-22-47(53)48-23-9-13-27-54(48)63)43-33-37-57-52(38-43)50-25-11-15-29-56(50)64(57)58-35-30-40-16-4-6-20-45(40)61(58)66-62-46-21-7-5-17-41(46)31-36-59(62)64/h1-39H. The van der Waals surface area contributed by atoms with E-state index in [0.717, 1.165) is 39.3 Å². The van der Waals surface area contributed by atoms with E-state index < -0.39 is 10.8 Å². The fourth-order valence-electron chi connectivity index (χ4n) is 12.8. The molecule has 15 rings (SSSR count). The van der Waals surface area contributed by atoms with Crippen molar-refractivity contribution in [1.82, 2.24) is 0 Å². The lowest BCUT2D eigenvalue weighted by molar-refractivity contribution is 0.447. The minimum atomic E-state index is -0.617. The summed E-state index contributed by atoms with van der Waals surface area (Å²) in [6.07, 6.45) is 0. The summed E-state index contributed by atoms with van der Waals surface area (Å²) in [7, 11) is 0. The highest BCUT2D eigenvalue weighted by molar-refractivity contribution is 6.01. The van der Waals surface area contributed by atoms with Gasteiger partial charge in [0.1, 0.15) is 11.5 Å². The molecule has 0 saturated carbocycles. The van der Waals surface area contributed by atoms with E-state index in [4.69, 9.17) is 4.74 Å². The third-order valence-corrected chi connectivity index (χ3v) is 15.3. The number of ether oxygens (including phenoxy) is 1. The van der Waals surface area contributed by atoms with Crippen LogP contribution >= 0.6 is 0 Å². The van der Waals surface area contributed by atoms with Gasteiger partial charge in [0.15, 0.2) is 0 Å². The van der Waals surface area contributed by atoms with Crippen LogP contribution in [-0.4, -0.2) is 0 Å². The van der Waals surface area contributed by atoms with Gasteiger partial charge >= 0.3 is 0 Å². The Kier molecular flexibility index (Phi) is 7.11. The molecule has 2 spiro atoms. The van der Waals surface area contributed by atoms with Crippen LogP contribution in [0.25, 0.3) is 54.9 Å². The summed E-state index contributed by atoms with van der Waals surface area (Å²) < 4.78 is 7.23. The van der Waals surface area contributed by atoms with Gasteiger partial charge in [0, 0.05) is 39.0 Å². The highest BCUT2D eigenvalue weighted by Gasteiger charge is 2.53. The van der Waals surface area contributed by atoms with Crippen molar-refractivity contribution in [1.29, 1.82) is 0 Å². The van der Waals surface area contributed by atoms with Gasteiger partial charge in [-0.2, -0.15) is 0 Å². The second kappa shape index (κ2) is 13.1. The highest BCUT2D eigenvalue weighted by Crippen LogP contribution is 2.66. The zero-order chi connectivity index (χ0) is 43.1. The summed E-state index contributed by atoms with van der Waals surface area (Å²) in [4.78, 5) is 2.46. The largest absolute Gasteiger partial charge is 0.455 e. The zero-order valence-corrected chi connectivity index (χ0v) is 35.9.